The topological polar surface area (TPSA) is 34.1 Å². The van der Waals surface area contributed by atoms with Crippen LogP contribution in [0.25, 0.3) is 0 Å². The summed E-state index contributed by atoms with van der Waals surface area (Å²) in [4.78, 5) is 3.97. The number of ether oxygens (including phenoxy) is 1. The third kappa shape index (κ3) is 3.00. The number of nitrogens with one attached hydrogen (secondary N) is 1. The van der Waals surface area contributed by atoms with Crippen LogP contribution in [-0.4, -0.2) is 12.1 Å². The lowest BCUT2D eigenvalue weighted by atomic mass is 10.3. The lowest BCUT2D eigenvalue weighted by Crippen LogP contribution is -1.99. The molecule has 18 heavy (non-hydrogen) atoms. The van der Waals surface area contributed by atoms with E-state index in [-0.39, 0.29) is 5.82 Å². The third-order valence-electron chi connectivity index (χ3n) is 2.22. The molecule has 0 saturated heterocycles. The summed E-state index contributed by atoms with van der Waals surface area (Å²) in [6, 6.07) is 6.76. The fourth-order valence-electron chi connectivity index (χ4n) is 1.41. The predicted octanol–water partition coefficient (Wildman–Crippen LogP) is 4.50. The minimum atomic E-state index is -0.439. The van der Waals surface area contributed by atoms with E-state index >= 15 is 0 Å². The number of nitrogens with zero attached hydrogens (tertiary/aromatic N) is 1. The Hall–Kier alpha value is -1.14. The molecule has 0 bridgehead atoms. The lowest BCUT2D eigenvalue weighted by Gasteiger charge is -2.11. The monoisotopic (exact) mass is 374 g/mol. The zero-order chi connectivity index (χ0) is 13.1. The van der Waals surface area contributed by atoms with E-state index in [9.17, 15) is 4.39 Å². The summed E-state index contributed by atoms with van der Waals surface area (Å²) >= 11 is 6.51. The first kappa shape index (κ1) is 13.3. The van der Waals surface area contributed by atoms with E-state index in [1.807, 2.05) is 6.07 Å². The molecule has 2 aromatic rings. The molecule has 1 N–H and O–H groups in total. The van der Waals surface area contributed by atoms with Gasteiger partial charge in [0, 0.05) is 15.1 Å². The van der Waals surface area contributed by atoms with Gasteiger partial charge in [0.05, 0.1) is 12.8 Å². The van der Waals surface area contributed by atoms with E-state index in [1.165, 1.54) is 12.3 Å². The average molecular weight is 376 g/mol. The van der Waals surface area contributed by atoms with Crippen molar-refractivity contribution in [2.24, 2.45) is 0 Å². The molecule has 94 valence electrons. The molecular formula is C12H9Br2FN2O. The van der Waals surface area contributed by atoms with Gasteiger partial charge in [-0.05, 0) is 40.2 Å². The Kier molecular flexibility index (Phi) is 4.19. The van der Waals surface area contributed by atoms with Gasteiger partial charge in [0.1, 0.15) is 5.75 Å². The number of methoxy groups -OCH3 is 1. The Morgan fingerprint density at radius 3 is 2.67 bits per heavy atom. The molecule has 0 unspecified atom stereocenters. The van der Waals surface area contributed by atoms with E-state index in [0.717, 1.165) is 4.47 Å². The van der Waals surface area contributed by atoms with Crippen LogP contribution >= 0.6 is 31.9 Å². The first-order chi connectivity index (χ1) is 8.60. The first-order valence-corrected chi connectivity index (χ1v) is 6.60. The molecule has 6 heteroatoms. The third-order valence-corrected chi connectivity index (χ3v) is 3.15. The van der Waals surface area contributed by atoms with E-state index in [4.69, 9.17) is 4.74 Å². The summed E-state index contributed by atoms with van der Waals surface area (Å²) in [5.74, 6) is 0.323. The zero-order valence-electron chi connectivity index (χ0n) is 9.38. The van der Waals surface area contributed by atoms with Gasteiger partial charge in [0.25, 0.3) is 0 Å². The van der Waals surface area contributed by atoms with Crippen molar-refractivity contribution in [1.29, 1.82) is 0 Å². The molecule has 0 amide bonds. The molecule has 0 aliphatic rings. The quantitative estimate of drug-likeness (QED) is 0.857. The maximum Gasteiger partial charge on any atom is 0.166 e. The van der Waals surface area contributed by atoms with Crippen LogP contribution in [0.1, 0.15) is 0 Å². The number of aromatic nitrogens is 1. The molecule has 1 aromatic carbocycles. The van der Waals surface area contributed by atoms with Crippen molar-refractivity contribution in [3.63, 3.8) is 0 Å². The van der Waals surface area contributed by atoms with Crippen molar-refractivity contribution in [2.45, 2.75) is 0 Å². The van der Waals surface area contributed by atoms with Gasteiger partial charge in [-0.1, -0.05) is 15.9 Å². The Bertz CT molecular complexity index is 578. The van der Waals surface area contributed by atoms with Gasteiger partial charge >= 0.3 is 0 Å². The van der Waals surface area contributed by atoms with Crippen LogP contribution in [0.5, 0.6) is 5.75 Å². The van der Waals surface area contributed by atoms with Crippen molar-refractivity contribution in [3.05, 3.63) is 45.2 Å². The molecule has 2 rings (SSSR count). The second-order valence-corrected chi connectivity index (χ2v) is 5.28. The normalized spacial score (nSPS) is 10.2. The van der Waals surface area contributed by atoms with Gasteiger partial charge in [0.2, 0.25) is 0 Å². The summed E-state index contributed by atoms with van der Waals surface area (Å²) in [6.07, 6.45) is 1.52. The zero-order valence-corrected chi connectivity index (χ0v) is 12.5. The van der Waals surface area contributed by atoms with Gasteiger partial charge in [-0.3, -0.25) is 0 Å². The van der Waals surface area contributed by atoms with Gasteiger partial charge < -0.3 is 10.1 Å². The molecule has 3 nitrogen and oxygen atoms in total. The van der Waals surface area contributed by atoms with Crippen LogP contribution in [-0.2, 0) is 0 Å². The summed E-state index contributed by atoms with van der Waals surface area (Å²) in [5, 5.41) is 2.90. The number of pyridine rings is 1. The minimum absolute atomic E-state index is 0.148. The lowest BCUT2D eigenvalue weighted by molar-refractivity contribution is 0.416. The summed E-state index contributed by atoms with van der Waals surface area (Å²) in [7, 11) is 1.56. The molecule has 0 atom stereocenters. The predicted molar refractivity (Wildman–Crippen MR) is 75.9 cm³/mol. The Morgan fingerprint density at radius 1 is 1.22 bits per heavy atom. The average Bonchev–Trinajstić information content (AvgIpc) is 2.33. The molecule has 0 aliphatic carbocycles. The SMILES string of the molecule is COc1ccc(Br)cc1Nc1ncc(Br)cc1F. The highest BCUT2D eigenvalue weighted by atomic mass is 79.9. The maximum atomic E-state index is 13.7. The van der Waals surface area contributed by atoms with Crippen LogP contribution in [0.2, 0.25) is 0 Å². The molecular weight excluding hydrogens is 367 g/mol. The van der Waals surface area contributed by atoms with Crippen LogP contribution < -0.4 is 10.1 Å². The minimum Gasteiger partial charge on any atom is -0.495 e. The molecule has 0 spiro atoms. The van der Waals surface area contributed by atoms with Crippen molar-refractivity contribution in [2.75, 3.05) is 12.4 Å². The fraction of sp³-hybridized carbons (Fsp3) is 0.0833. The summed E-state index contributed by atoms with van der Waals surface area (Å²) < 4.78 is 20.3. The highest BCUT2D eigenvalue weighted by Crippen LogP contribution is 2.31. The van der Waals surface area contributed by atoms with Gasteiger partial charge in [-0.15, -0.1) is 0 Å². The second kappa shape index (κ2) is 5.67. The molecule has 0 aliphatic heterocycles. The highest BCUT2D eigenvalue weighted by molar-refractivity contribution is 9.10. The number of benzene rings is 1. The van der Waals surface area contributed by atoms with E-state index in [1.54, 1.807) is 19.2 Å². The van der Waals surface area contributed by atoms with Gasteiger partial charge in [-0.2, -0.15) is 0 Å². The second-order valence-electron chi connectivity index (χ2n) is 3.45. The first-order valence-electron chi connectivity index (χ1n) is 5.02. The Balaban J connectivity index is 2.36. The van der Waals surface area contributed by atoms with E-state index < -0.39 is 5.82 Å². The molecule has 1 heterocycles. The maximum absolute atomic E-state index is 13.7. The van der Waals surface area contributed by atoms with E-state index in [0.29, 0.717) is 15.9 Å². The van der Waals surface area contributed by atoms with E-state index in [2.05, 4.69) is 42.2 Å². The largest absolute Gasteiger partial charge is 0.495 e. The fourth-order valence-corrected chi connectivity index (χ4v) is 2.08. The Labute approximate surface area is 121 Å². The van der Waals surface area contributed by atoms with Gasteiger partial charge in [0.15, 0.2) is 11.6 Å². The molecule has 1 aromatic heterocycles. The number of hydrogen-bond donors (Lipinski definition) is 1. The van der Waals surface area contributed by atoms with Crippen molar-refractivity contribution < 1.29 is 9.13 Å². The Morgan fingerprint density at radius 2 is 2.00 bits per heavy atom. The highest BCUT2D eigenvalue weighted by Gasteiger charge is 2.09. The number of rotatable bonds is 3. The van der Waals surface area contributed by atoms with Crippen molar-refractivity contribution in [3.8, 4) is 5.75 Å². The van der Waals surface area contributed by atoms with Crippen LogP contribution in [0.4, 0.5) is 15.9 Å². The molecule has 0 saturated carbocycles. The number of halogens is 3. The number of anilines is 2. The molecule has 0 radical (unpaired) electrons. The summed E-state index contributed by atoms with van der Waals surface area (Å²) in [6.45, 7) is 0. The number of hydrogen-bond acceptors (Lipinski definition) is 3. The molecule has 0 fully saturated rings. The van der Waals surface area contributed by atoms with Crippen LogP contribution in [0.3, 0.4) is 0 Å². The van der Waals surface area contributed by atoms with Gasteiger partial charge in [-0.25, -0.2) is 9.37 Å². The van der Waals surface area contributed by atoms with Crippen molar-refractivity contribution in [1.82, 2.24) is 4.98 Å². The van der Waals surface area contributed by atoms with Crippen LogP contribution in [0, 0.1) is 5.82 Å². The smallest absolute Gasteiger partial charge is 0.166 e. The van der Waals surface area contributed by atoms with Crippen molar-refractivity contribution >= 4 is 43.4 Å². The summed E-state index contributed by atoms with van der Waals surface area (Å²) in [5.41, 5.74) is 0.639. The standard InChI is InChI=1S/C12H9Br2FN2O/c1-18-11-3-2-7(13)5-10(11)17-12-9(15)4-8(14)6-16-12/h2-6H,1H3,(H,16,17). The van der Waals surface area contributed by atoms with Crippen LogP contribution in [0.15, 0.2) is 39.4 Å².